The van der Waals surface area contributed by atoms with Gasteiger partial charge in [-0.15, -0.1) is 11.3 Å². The zero-order chi connectivity index (χ0) is 25.9. The first-order valence-electron chi connectivity index (χ1n) is 12.5. The van der Waals surface area contributed by atoms with Gasteiger partial charge < -0.3 is 24.0 Å². The molecule has 0 spiro atoms. The third-order valence-corrected chi connectivity index (χ3v) is 7.93. The van der Waals surface area contributed by atoms with E-state index in [9.17, 15) is 4.79 Å². The Hall–Kier alpha value is -3.09. The van der Waals surface area contributed by atoms with Crippen molar-refractivity contribution in [3.63, 3.8) is 0 Å². The van der Waals surface area contributed by atoms with Gasteiger partial charge in [-0.1, -0.05) is 0 Å². The molecule has 0 bridgehead atoms. The van der Waals surface area contributed by atoms with E-state index in [0.717, 1.165) is 61.6 Å². The number of anilines is 1. The summed E-state index contributed by atoms with van der Waals surface area (Å²) in [4.78, 5) is 38.4. The molecule has 5 rings (SSSR count). The van der Waals surface area contributed by atoms with Gasteiger partial charge in [-0.3, -0.25) is 9.69 Å². The molecule has 3 aromatic heterocycles. The second-order valence-electron chi connectivity index (χ2n) is 9.46. The highest BCUT2D eigenvalue weighted by Gasteiger charge is 2.27. The van der Waals surface area contributed by atoms with E-state index in [1.54, 1.807) is 29.5 Å². The lowest BCUT2D eigenvalue weighted by Crippen LogP contribution is -2.39. The van der Waals surface area contributed by atoms with Gasteiger partial charge in [0.2, 0.25) is 11.8 Å². The summed E-state index contributed by atoms with van der Waals surface area (Å²) in [5.41, 5.74) is 1.50. The highest BCUT2D eigenvalue weighted by molar-refractivity contribution is 7.19. The minimum atomic E-state index is 0.122. The molecule has 0 radical (unpaired) electrons. The number of ether oxygens (including phenoxy) is 3. The smallest absolute Gasteiger partial charge is 0.319 e. The maximum atomic E-state index is 12.4. The van der Waals surface area contributed by atoms with Crippen molar-refractivity contribution < 1.29 is 19.0 Å². The third-order valence-electron chi connectivity index (χ3n) is 6.82. The maximum Gasteiger partial charge on any atom is 0.319 e. The lowest BCUT2D eigenvalue weighted by Gasteiger charge is -2.32. The van der Waals surface area contributed by atoms with Crippen molar-refractivity contribution in [2.45, 2.75) is 19.4 Å². The number of hydrogen-bond acceptors (Lipinski definition) is 11. The van der Waals surface area contributed by atoms with Crippen LogP contribution in [0.15, 0.2) is 12.3 Å². The van der Waals surface area contributed by atoms with E-state index < -0.39 is 0 Å². The third kappa shape index (κ3) is 5.46. The molecular formula is C25H33N7O4S. The standard InChI is InChI=1S/C25H33N7O4S/c1-30(2)24(33)16-5-7-31(8-6-16)15-17-13-19-20(37-17)22(32-9-11-36-12-10-32)28-21(27-19)18-14-26-25(35-4)29-23(18)34-3/h13-14,16H,5-12,15H2,1-4H3. The van der Waals surface area contributed by atoms with Gasteiger partial charge in [0, 0.05) is 50.7 Å². The van der Waals surface area contributed by atoms with Crippen molar-refractivity contribution in [1.82, 2.24) is 29.7 Å². The number of rotatable bonds is 7. The Kier molecular flexibility index (Phi) is 7.68. The van der Waals surface area contributed by atoms with E-state index in [-0.39, 0.29) is 17.8 Å². The number of thiophene rings is 1. The van der Waals surface area contributed by atoms with E-state index in [0.29, 0.717) is 30.5 Å². The number of aromatic nitrogens is 4. The topological polar surface area (TPSA) is 106 Å². The lowest BCUT2D eigenvalue weighted by atomic mass is 9.95. The number of fused-ring (bicyclic) bond motifs is 1. The zero-order valence-corrected chi connectivity index (χ0v) is 22.6. The molecule has 0 aliphatic carbocycles. The first-order valence-corrected chi connectivity index (χ1v) is 13.3. The van der Waals surface area contributed by atoms with E-state index in [1.807, 2.05) is 14.1 Å². The van der Waals surface area contributed by atoms with Gasteiger partial charge in [-0.2, -0.15) is 4.98 Å². The Morgan fingerprint density at radius 3 is 2.54 bits per heavy atom. The van der Waals surface area contributed by atoms with Crippen LogP contribution in [0.4, 0.5) is 5.82 Å². The second-order valence-corrected chi connectivity index (χ2v) is 10.6. The number of likely N-dealkylation sites (tertiary alicyclic amines) is 1. The molecule has 2 fully saturated rings. The predicted octanol–water partition coefficient (Wildman–Crippen LogP) is 2.30. The number of carbonyl (C=O) groups excluding carboxylic acids is 1. The molecule has 2 aliphatic rings. The van der Waals surface area contributed by atoms with Gasteiger partial charge in [0.15, 0.2) is 11.6 Å². The summed E-state index contributed by atoms with van der Waals surface area (Å²) >= 11 is 1.74. The molecule has 0 aromatic carbocycles. The van der Waals surface area contributed by atoms with Crippen LogP contribution in [0, 0.1) is 5.92 Å². The van der Waals surface area contributed by atoms with Crippen molar-refractivity contribution in [3.8, 4) is 23.3 Å². The number of methoxy groups -OCH3 is 2. The summed E-state index contributed by atoms with van der Waals surface area (Å²) in [5, 5.41) is 0. The van der Waals surface area contributed by atoms with Gasteiger partial charge in [-0.05, 0) is 32.0 Å². The van der Waals surface area contributed by atoms with E-state index in [1.165, 1.54) is 12.0 Å². The van der Waals surface area contributed by atoms with Crippen molar-refractivity contribution in [2.75, 3.05) is 72.6 Å². The summed E-state index contributed by atoms with van der Waals surface area (Å²) in [6.45, 7) is 5.50. The Balaban J connectivity index is 1.45. The normalized spacial score (nSPS) is 17.2. The van der Waals surface area contributed by atoms with Crippen LogP contribution < -0.4 is 14.4 Å². The molecule has 0 unspecified atom stereocenters. The van der Waals surface area contributed by atoms with Gasteiger partial charge in [0.25, 0.3) is 0 Å². The Labute approximate surface area is 220 Å². The highest BCUT2D eigenvalue weighted by Crippen LogP contribution is 2.37. The van der Waals surface area contributed by atoms with E-state index in [4.69, 9.17) is 24.2 Å². The molecule has 198 valence electrons. The number of carbonyl (C=O) groups is 1. The van der Waals surface area contributed by atoms with E-state index >= 15 is 0 Å². The van der Waals surface area contributed by atoms with Crippen molar-refractivity contribution in [1.29, 1.82) is 0 Å². The molecule has 37 heavy (non-hydrogen) atoms. The second kappa shape index (κ2) is 11.1. The summed E-state index contributed by atoms with van der Waals surface area (Å²) < 4.78 is 17.3. The molecule has 1 amide bonds. The molecule has 11 nitrogen and oxygen atoms in total. The number of piperidine rings is 1. The van der Waals surface area contributed by atoms with Crippen molar-refractivity contribution in [2.24, 2.45) is 5.92 Å². The van der Waals surface area contributed by atoms with Gasteiger partial charge in [-0.25, -0.2) is 15.0 Å². The first kappa shape index (κ1) is 25.6. The summed E-state index contributed by atoms with van der Waals surface area (Å²) in [7, 11) is 6.75. The molecule has 12 heteroatoms. The number of amides is 1. The van der Waals surface area contributed by atoms with Crippen LogP contribution >= 0.6 is 11.3 Å². The molecule has 2 aliphatic heterocycles. The fraction of sp³-hybridized carbons (Fsp3) is 0.560. The van der Waals surface area contributed by atoms with Crippen molar-refractivity contribution >= 4 is 33.3 Å². The average Bonchev–Trinajstić information content (AvgIpc) is 3.34. The zero-order valence-electron chi connectivity index (χ0n) is 21.8. The molecule has 3 aromatic rings. The highest BCUT2D eigenvalue weighted by atomic mass is 32.1. The molecule has 0 saturated carbocycles. The quantitative estimate of drug-likeness (QED) is 0.454. The Morgan fingerprint density at radius 1 is 1.11 bits per heavy atom. The van der Waals surface area contributed by atoms with Crippen LogP contribution in [-0.2, 0) is 16.1 Å². The summed E-state index contributed by atoms with van der Waals surface area (Å²) in [5.74, 6) is 2.13. The number of morpholine rings is 1. The summed E-state index contributed by atoms with van der Waals surface area (Å²) in [6, 6.07) is 2.38. The average molecular weight is 528 g/mol. The van der Waals surface area contributed by atoms with Gasteiger partial charge in [0.1, 0.15) is 5.56 Å². The SMILES string of the molecule is COc1ncc(-c2nc(N3CCOCC3)c3sc(CN4CCC(C(=O)N(C)C)CC4)cc3n2)c(OC)n1. The number of hydrogen-bond donors (Lipinski definition) is 0. The minimum absolute atomic E-state index is 0.122. The van der Waals surface area contributed by atoms with Gasteiger partial charge in [0.05, 0.1) is 37.6 Å². The van der Waals surface area contributed by atoms with Crippen LogP contribution in [0.25, 0.3) is 21.6 Å². The Morgan fingerprint density at radius 2 is 1.86 bits per heavy atom. The van der Waals surface area contributed by atoms with Crippen LogP contribution in [0.5, 0.6) is 11.9 Å². The maximum absolute atomic E-state index is 12.4. The fourth-order valence-electron chi connectivity index (χ4n) is 4.83. The molecule has 0 atom stereocenters. The number of nitrogens with zero attached hydrogens (tertiary/aromatic N) is 7. The van der Waals surface area contributed by atoms with Crippen LogP contribution in [0.2, 0.25) is 0 Å². The Bertz CT molecular complexity index is 1250. The first-order chi connectivity index (χ1) is 18.0. The van der Waals surface area contributed by atoms with Crippen molar-refractivity contribution in [3.05, 3.63) is 17.1 Å². The molecular weight excluding hydrogens is 494 g/mol. The lowest BCUT2D eigenvalue weighted by molar-refractivity contribution is -0.134. The van der Waals surface area contributed by atoms with Crippen LogP contribution in [0.3, 0.4) is 0 Å². The molecule has 2 saturated heterocycles. The van der Waals surface area contributed by atoms with Crippen LogP contribution in [-0.4, -0.2) is 103 Å². The predicted molar refractivity (Wildman–Crippen MR) is 141 cm³/mol. The van der Waals surface area contributed by atoms with Crippen LogP contribution in [0.1, 0.15) is 17.7 Å². The molecule has 5 heterocycles. The van der Waals surface area contributed by atoms with Gasteiger partial charge >= 0.3 is 6.01 Å². The summed E-state index contributed by atoms with van der Waals surface area (Å²) in [6.07, 6.45) is 3.42. The minimum Gasteiger partial charge on any atom is -0.480 e. The fourth-order valence-corrected chi connectivity index (χ4v) is 5.99. The van der Waals surface area contributed by atoms with E-state index in [2.05, 4.69) is 25.8 Å². The largest absolute Gasteiger partial charge is 0.480 e. The monoisotopic (exact) mass is 527 g/mol. The molecule has 0 N–H and O–H groups in total.